The minimum atomic E-state index is -0.746. The van der Waals surface area contributed by atoms with Gasteiger partial charge in [0.2, 0.25) is 0 Å². The third-order valence-corrected chi connectivity index (χ3v) is 4.67. The minimum absolute atomic E-state index is 0.00973. The predicted molar refractivity (Wildman–Crippen MR) is 78.1 cm³/mol. The highest BCUT2D eigenvalue weighted by atomic mass is 16.5. The van der Waals surface area contributed by atoms with E-state index in [4.69, 9.17) is 9.84 Å². The van der Waals surface area contributed by atoms with Gasteiger partial charge in [-0.3, -0.25) is 4.79 Å². The molecule has 2 aliphatic rings. The number of ether oxygens (including phenoxy) is 1. The van der Waals surface area contributed by atoms with E-state index in [0.717, 1.165) is 32.6 Å². The normalized spacial score (nSPS) is 27.4. The van der Waals surface area contributed by atoms with E-state index in [1.807, 2.05) is 18.9 Å². The van der Waals surface area contributed by atoms with E-state index in [1.165, 1.54) is 0 Å². The van der Waals surface area contributed by atoms with Gasteiger partial charge in [-0.2, -0.15) is 0 Å². The average molecular weight is 298 g/mol. The number of likely N-dealkylation sites (tertiary alicyclic amines) is 1. The van der Waals surface area contributed by atoms with Gasteiger partial charge in [-0.05, 0) is 38.5 Å². The maximum absolute atomic E-state index is 12.5. The van der Waals surface area contributed by atoms with E-state index in [9.17, 15) is 9.59 Å². The lowest BCUT2D eigenvalue weighted by Crippen LogP contribution is -2.51. The summed E-state index contributed by atoms with van der Waals surface area (Å²) < 4.78 is 5.34. The fraction of sp³-hybridized carbons (Fsp3) is 0.867. The van der Waals surface area contributed by atoms with E-state index >= 15 is 0 Å². The third kappa shape index (κ3) is 4.09. The van der Waals surface area contributed by atoms with Crippen LogP contribution in [0.2, 0.25) is 0 Å². The number of hydrogen-bond acceptors (Lipinski definition) is 3. The number of hydrogen-bond donors (Lipinski definition) is 1. The monoisotopic (exact) mass is 298 g/mol. The molecule has 6 heteroatoms. The highest BCUT2D eigenvalue weighted by Crippen LogP contribution is 2.24. The number of carbonyl (C=O) groups is 2. The van der Waals surface area contributed by atoms with Crippen LogP contribution in [0.5, 0.6) is 0 Å². The summed E-state index contributed by atoms with van der Waals surface area (Å²) in [6.45, 7) is 4.80. The molecule has 2 rings (SSSR count). The number of carboxylic acid groups (broad SMARTS) is 1. The molecule has 2 aliphatic heterocycles. The summed E-state index contributed by atoms with van der Waals surface area (Å²) in [5, 5.41) is 9.08. The molecule has 0 spiro atoms. The van der Waals surface area contributed by atoms with Gasteiger partial charge >= 0.3 is 12.0 Å². The summed E-state index contributed by atoms with van der Waals surface area (Å²) in [7, 11) is 1.84. The van der Waals surface area contributed by atoms with Crippen molar-refractivity contribution in [3.05, 3.63) is 0 Å². The third-order valence-electron chi connectivity index (χ3n) is 4.67. The molecule has 2 heterocycles. The van der Waals surface area contributed by atoms with Crippen LogP contribution in [-0.4, -0.2) is 66.3 Å². The fourth-order valence-electron chi connectivity index (χ4n) is 3.29. The quantitative estimate of drug-likeness (QED) is 0.860. The highest BCUT2D eigenvalue weighted by molar-refractivity contribution is 5.75. The van der Waals surface area contributed by atoms with Crippen molar-refractivity contribution in [1.29, 1.82) is 0 Å². The first-order valence-corrected chi connectivity index (χ1v) is 7.81. The molecule has 120 valence electrons. The van der Waals surface area contributed by atoms with Crippen molar-refractivity contribution in [3.63, 3.8) is 0 Å². The van der Waals surface area contributed by atoms with Crippen molar-refractivity contribution in [3.8, 4) is 0 Å². The van der Waals surface area contributed by atoms with Crippen molar-refractivity contribution in [2.24, 2.45) is 11.8 Å². The molecule has 2 atom stereocenters. The number of urea groups is 1. The molecule has 1 N–H and O–H groups in total. The number of aliphatic carboxylic acids is 1. The molecule has 0 aromatic heterocycles. The van der Waals surface area contributed by atoms with Crippen LogP contribution in [0.4, 0.5) is 4.79 Å². The molecule has 6 nitrogen and oxygen atoms in total. The van der Waals surface area contributed by atoms with Crippen molar-refractivity contribution < 1.29 is 19.4 Å². The van der Waals surface area contributed by atoms with Gasteiger partial charge in [0.25, 0.3) is 0 Å². The Kier molecular flexibility index (Phi) is 5.45. The van der Waals surface area contributed by atoms with Gasteiger partial charge in [0.05, 0.1) is 5.92 Å². The summed E-state index contributed by atoms with van der Waals surface area (Å²) >= 11 is 0. The topological polar surface area (TPSA) is 70.1 Å². The number of nitrogens with zero attached hydrogens (tertiary/aromatic N) is 2. The Hall–Kier alpha value is -1.30. The largest absolute Gasteiger partial charge is 0.481 e. The molecule has 0 bridgehead atoms. The van der Waals surface area contributed by atoms with Crippen LogP contribution in [0.1, 0.15) is 32.6 Å². The molecular weight excluding hydrogens is 272 g/mol. The second kappa shape index (κ2) is 7.11. The number of piperidine rings is 1. The zero-order chi connectivity index (χ0) is 15.4. The maximum Gasteiger partial charge on any atom is 0.319 e. The van der Waals surface area contributed by atoms with Crippen molar-refractivity contribution in [2.75, 3.05) is 33.4 Å². The maximum atomic E-state index is 12.5. The van der Waals surface area contributed by atoms with Crippen LogP contribution in [0, 0.1) is 11.8 Å². The Balaban J connectivity index is 1.85. The Morgan fingerprint density at radius 2 is 1.95 bits per heavy atom. The lowest BCUT2D eigenvalue weighted by atomic mass is 9.92. The van der Waals surface area contributed by atoms with Gasteiger partial charge in [0.15, 0.2) is 0 Å². The van der Waals surface area contributed by atoms with Crippen LogP contribution in [0.25, 0.3) is 0 Å². The Morgan fingerprint density at radius 1 is 1.29 bits per heavy atom. The zero-order valence-corrected chi connectivity index (χ0v) is 13.0. The number of carbonyl (C=O) groups excluding carboxylic acids is 1. The summed E-state index contributed by atoms with van der Waals surface area (Å²) in [5.41, 5.74) is 0. The summed E-state index contributed by atoms with van der Waals surface area (Å²) in [6, 6.07) is 0.0160. The molecular formula is C15H26N2O4. The lowest BCUT2D eigenvalue weighted by molar-refractivity contribution is -0.143. The van der Waals surface area contributed by atoms with Gasteiger partial charge in [-0.15, -0.1) is 0 Å². The zero-order valence-electron chi connectivity index (χ0n) is 13.0. The van der Waals surface area contributed by atoms with Crippen molar-refractivity contribution in [2.45, 2.75) is 38.6 Å². The van der Waals surface area contributed by atoms with Gasteiger partial charge in [0, 0.05) is 39.4 Å². The number of amides is 2. The number of carboxylic acids is 1. The standard InChI is InChI=1S/C15H26N2O4/c1-11-9-13(14(18)19)3-6-17(11)15(20)16(2)10-12-4-7-21-8-5-12/h11-13H,3-10H2,1-2H3,(H,18,19). The molecule has 2 saturated heterocycles. The molecule has 21 heavy (non-hydrogen) atoms. The van der Waals surface area contributed by atoms with Gasteiger partial charge in [-0.1, -0.05) is 0 Å². The van der Waals surface area contributed by atoms with Crippen LogP contribution in [-0.2, 0) is 9.53 Å². The van der Waals surface area contributed by atoms with Gasteiger partial charge < -0.3 is 19.6 Å². The highest BCUT2D eigenvalue weighted by Gasteiger charge is 2.33. The summed E-state index contributed by atoms with van der Waals surface area (Å²) in [6.07, 6.45) is 3.12. The van der Waals surface area contributed by atoms with Crippen LogP contribution >= 0.6 is 0 Å². The van der Waals surface area contributed by atoms with E-state index in [0.29, 0.717) is 25.3 Å². The molecule has 2 unspecified atom stereocenters. The molecule has 0 aromatic carbocycles. The first-order chi connectivity index (χ1) is 9.99. The fourth-order valence-corrected chi connectivity index (χ4v) is 3.29. The molecule has 2 fully saturated rings. The van der Waals surface area contributed by atoms with Crippen LogP contribution in [0.3, 0.4) is 0 Å². The lowest BCUT2D eigenvalue weighted by Gasteiger charge is -2.39. The van der Waals surface area contributed by atoms with E-state index in [2.05, 4.69) is 0 Å². The van der Waals surface area contributed by atoms with Gasteiger partial charge in [-0.25, -0.2) is 4.79 Å². The second-order valence-electron chi connectivity index (χ2n) is 6.32. The smallest absolute Gasteiger partial charge is 0.319 e. The van der Waals surface area contributed by atoms with Crippen molar-refractivity contribution >= 4 is 12.0 Å². The van der Waals surface area contributed by atoms with Crippen LogP contribution < -0.4 is 0 Å². The molecule has 0 saturated carbocycles. The molecule has 0 aromatic rings. The molecule has 0 radical (unpaired) electrons. The Morgan fingerprint density at radius 3 is 2.52 bits per heavy atom. The van der Waals surface area contributed by atoms with E-state index in [1.54, 1.807) is 4.90 Å². The Bertz CT molecular complexity index is 382. The number of rotatable bonds is 3. The summed E-state index contributed by atoms with van der Waals surface area (Å²) in [4.78, 5) is 27.2. The van der Waals surface area contributed by atoms with Crippen molar-refractivity contribution in [1.82, 2.24) is 9.80 Å². The molecule has 2 amide bonds. The van der Waals surface area contributed by atoms with E-state index in [-0.39, 0.29) is 18.0 Å². The minimum Gasteiger partial charge on any atom is -0.481 e. The SMILES string of the molecule is CC1CC(C(=O)O)CCN1C(=O)N(C)CC1CCOCC1. The summed E-state index contributed by atoms with van der Waals surface area (Å²) in [5.74, 6) is -0.547. The van der Waals surface area contributed by atoms with Gasteiger partial charge in [0.1, 0.15) is 0 Å². The van der Waals surface area contributed by atoms with E-state index < -0.39 is 5.97 Å². The Labute approximate surface area is 126 Å². The first-order valence-electron chi connectivity index (χ1n) is 7.81. The van der Waals surface area contributed by atoms with Crippen LogP contribution in [0.15, 0.2) is 0 Å². The second-order valence-corrected chi connectivity index (χ2v) is 6.32. The molecule has 0 aliphatic carbocycles. The average Bonchev–Trinajstić information content (AvgIpc) is 2.47. The first kappa shape index (κ1) is 16.1. The predicted octanol–water partition coefficient (Wildman–Crippen LogP) is 1.65.